The molecule has 1 aromatic carbocycles. The van der Waals surface area contributed by atoms with Crippen molar-refractivity contribution in [1.82, 2.24) is 10.2 Å². The van der Waals surface area contributed by atoms with Crippen molar-refractivity contribution in [3.8, 4) is 0 Å². The predicted octanol–water partition coefficient (Wildman–Crippen LogP) is 2.52. The van der Waals surface area contributed by atoms with Crippen molar-refractivity contribution in [2.24, 2.45) is 0 Å². The van der Waals surface area contributed by atoms with Crippen molar-refractivity contribution < 1.29 is 4.79 Å². The lowest BCUT2D eigenvalue weighted by atomic mass is 9.99. The number of rotatable bonds is 3. The number of benzene rings is 1. The zero-order chi connectivity index (χ0) is 15.5. The lowest BCUT2D eigenvalue weighted by molar-refractivity contribution is -0.132. The van der Waals surface area contributed by atoms with Crippen molar-refractivity contribution in [3.05, 3.63) is 29.3 Å². The summed E-state index contributed by atoms with van der Waals surface area (Å²) in [5.41, 5.74) is 1.22. The molecule has 0 saturated carbocycles. The number of carbonyl (C=O) groups excluding carboxylic acids is 1. The van der Waals surface area contributed by atoms with Gasteiger partial charge in [-0.1, -0.05) is 17.7 Å². The molecule has 120 valence electrons. The number of carbonyl (C=O) groups is 1. The van der Waals surface area contributed by atoms with Gasteiger partial charge in [0.25, 0.3) is 0 Å². The first-order valence-corrected chi connectivity index (χ1v) is 8.50. The Bertz CT molecular complexity index is 528. The van der Waals surface area contributed by atoms with E-state index < -0.39 is 0 Å². The van der Waals surface area contributed by atoms with Crippen molar-refractivity contribution in [2.75, 3.05) is 31.6 Å². The van der Waals surface area contributed by atoms with Gasteiger partial charge in [0.2, 0.25) is 5.91 Å². The van der Waals surface area contributed by atoms with Gasteiger partial charge < -0.3 is 15.1 Å². The van der Waals surface area contributed by atoms with Crippen molar-refractivity contribution in [2.45, 2.75) is 37.8 Å². The monoisotopic (exact) mass is 321 g/mol. The zero-order valence-electron chi connectivity index (χ0n) is 13.1. The Morgan fingerprint density at radius 1 is 1.18 bits per heavy atom. The van der Waals surface area contributed by atoms with E-state index in [4.69, 9.17) is 11.6 Å². The molecule has 1 aromatic rings. The van der Waals surface area contributed by atoms with Gasteiger partial charge in [0.1, 0.15) is 0 Å². The van der Waals surface area contributed by atoms with Crippen LogP contribution in [0.1, 0.15) is 25.7 Å². The highest BCUT2D eigenvalue weighted by Gasteiger charge is 2.26. The second-order valence-electron chi connectivity index (χ2n) is 6.42. The van der Waals surface area contributed by atoms with Gasteiger partial charge in [-0.05, 0) is 37.5 Å². The third-order valence-electron chi connectivity index (χ3n) is 4.77. The summed E-state index contributed by atoms with van der Waals surface area (Å²) in [4.78, 5) is 15.8. The third kappa shape index (κ3) is 3.73. The maximum Gasteiger partial charge on any atom is 0.222 e. The number of hydrogen-bond donors (Lipinski definition) is 1. The first-order valence-electron chi connectivity index (χ1n) is 8.12. The van der Waals surface area contributed by atoms with E-state index in [-0.39, 0.29) is 5.91 Å². The number of piperidine rings is 2. The Labute approximate surface area is 137 Å². The van der Waals surface area contributed by atoms with E-state index in [9.17, 15) is 4.79 Å². The molecule has 22 heavy (non-hydrogen) atoms. The van der Waals surface area contributed by atoms with E-state index in [1.54, 1.807) is 0 Å². The normalized spacial score (nSPS) is 23.9. The molecule has 0 unspecified atom stereocenters. The molecular formula is C17H24ClN3O. The lowest BCUT2D eigenvalue weighted by Gasteiger charge is -2.38. The van der Waals surface area contributed by atoms with Gasteiger partial charge in [-0.15, -0.1) is 0 Å². The Kier molecular flexibility index (Phi) is 4.89. The smallest absolute Gasteiger partial charge is 0.222 e. The third-order valence-corrected chi connectivity index (χ3v) is 5.00. The highest BCUT2D eigenvalue weighted by molar-refractivity contribution is 6.30. The van der Waals surface area contributed by atoms with Gasteiger partial charge in [-0.2, -0.15) is 0 Å². The largest absolute Gasteiger partial charge is 0.371 e. The molecule has 0 aliphatic carbocycles. The van der Waals surface area contributed by atoms with Gasteiger partial charge in [-0.3, -0.25) is 4.79 Å². The number of likely N-dealkylation sites (tertiary alicyclic amines) is 1. The van der Waals surface area contributed by atoms with Crippen LogP contribution in [0.5, 0.6) is 0 Å². The summed E-state index contributed by atoms with van der Waals surface area (Å²) in [5, 5.41) is 4.54. The van der Waals surface area contributed by atoms with Gasteiger partial charge in [0.15, 0.2) is 0 Å². The summed E-state index contributed by atoms with van der Waals surface area (Å²) in [6.07, 6.45) is 3.93. The number of halogens is 1. The summed E-state index contributed by atoms with van der Waals surface area (Å²) in [6.45, 7) is 2.95. The van der Waals surface area contributed by atoms with Crippen LogP contribution in [0, 0.1) is 0 Å². The predicted molar refractivity (Wildman–Crippen MR) is 90.5 cm³/mol. The van der Waals surface area contributed by atoms with Crippen LogP contribution in [0.4, 0.5) is 5.69 Å². The second kappa shape index (κ2) is 6.88. The summed E-state index contributed by atoms with van der Waals surface area (Å²) >= 11 is 6.08. The molecular weight excluding hydrogens is 298 g/mol. The molecule has 0 aromatic heterocycles. The summed E-state index contributed by atoms with van der Waals surface area (Å²) in [7, 11) is 1.90. The van der Waals surface area contributed by atoms with E-state index in [1.807, 2.05) is 30.1 Å². The molecule has 3 rings (SSSR count). The zero-order valence-corrected chi connectivity index (χ0v) is 13.9. The second-order valence-corrected chi connectivity index (χ2v) is 6.85. The highest BCUT2D eigenvalue weighted by Crippen LogP contribution is 2.23. The number of nitrogens with zero attached hydrogens (tertiary/aromatic N) is 2. The van der Waals surface area contributed by atoms with Crippen LogP contribution < -0.4 is 10.2 Å². The van der Waals surface area contributed by atoms with Crippen LogP contribution in [0.15, 0.2) is 24.3 Å². The van der Waals surface area contributed by atoms with Crippen LogP contribution >= 0.6 is 11.6 Å². The molecule has 0 radical (unpaired) electrons. The van der Waals surface area contributed by atoms with Crippen molar-refractivity contribution in [1.29, 1.82) is 0 Å². The Morgan fingerprint density at radius 3 is 2.64 bits per heavy atom. The van der Waals surface area contributed by atoms with E-state index in [1.165, 1.54) is 5.69 Å². The number of likely N-dealkylation sites (N-methyl/N-ethyl adjacent to an activating group) is 1. The standard InChI is InChI=1S/C17H24ClN3O/c1-20-12-15(5-6-17(20)22)19-14-7-9-21(10-8-14)16-4-2-3-13(18)11-16/h2-4,11,14-15,19H,5-10,12H2,1H3/t15-/m1/s1. The average Bonchev–Trinajstić information content (AvgIpc) is 2.52. The molecule has 5 heteroatoms. The first kappa shape index (κ1) is 15.6. The molecule has 0 bridgehead atoms. The first-order chi connectivity index (χ1) is 10.6. The van der Waals surface area contributed by atoms with Gasteiger partial charge in [-0.25, -0.2) is 0 Å². The molecule has 1 atom stereocenters. The van der Waals surface area contributed by atoms with Crippen LogP contribution in [-0.2, 0) is 4.79 Å². The van der Waals surface area contributed by atoms with Crippen LogP contribution in [0.25, 0.3) is 0 Å². The molecule has 2 heterocycles. The summed E-state index contributed by atoms with van der Waals surface area (Å²) in [5.74, 6) is 0.272. The molecule has 2 aliphatic heterocycles. The molecule has 1 N–H and O–H groups in total. The summed E-state index contributed by atoms with van der Waals surface area (Å²) in [6, 6.07) is 9.10. The summed E-state index contributed by atoms with van der Waals surface area (Å²) < 4.78 is 0. The van der Waals surface area contributed by atoms with Crippen LogP contribution in [-0.4, -0.2) is 49.6 Å². The molecule has 2 fully saturated rings. The van der Waals surface area contributed by atoms with Gasteiger partial charge in [0, 0.05) is 55.9 Å². The number of amides is 1. The van der Waals surface area contributed by atoms with Crippen molar-refractivity contribution >= 4 is 23.2 Å². The number of hydrogen-bond acceptors (Lipinski definition) is 3. The Hall–Kier alpha value is -1.26. The molecule has 2 saturated heterocycles. The average molecular weight is 322 g/mol. The van der Waals surface area contributed by atoms with Crippen LogP contribution in [0.2, 0.25) is 5.02 Å². The molecule has 0 spiro atoms. The quantitative estimate of drug-likeness (QED) is 0.929. The molecule has 4 nitrogen and oxygen atoms in total. The fourth-order valence-corrected chi connectivity index (χ4v) is 3.64. The SMILES string of the molecule is CN1C[C@H](NC2CCN(c3cccc(Cl)c3)CC2)CCC1=O. The van der Waals surface area contributed by atoms with Crippen LogP contribution in [0.3, 0.4) is 0 Å². The maximum atomic E-state index is 11.5. The molecule has 2 aliphatic rings. The number of anilines is 1. The number of nitrogens with one attached hydrogen (secondary N) is 1. The minimum absolute atomic E-state index is 0.272. The van der Waals surface area contributed by atoms with Gasteiger partial charge >= 0.3 is 0 Å². The highest BCUT2D eigenvalue weighted by atomic mass is 35.5. The van der Waals surface area contributed by atoms with E-state index in [2.05, 4.69) is 16.3 Å². The minimum atomic E-state index is 0.272. The Balaban J connectivity index is 1.49. The van der Waals surface area contributed by atoms with Crippen molar-refractivity contribution in [3.63, 3.8) is 0 Å². The van der Waals surface area contributed by atoms with E-state index in [0.29, 0.717) is 18.5 Å². The fourth-order valence-electron chi connectivity index (χ4n) is 3.46. The lowest BCUT2D eigenvalue weighted by Crippen LogP contribution is -2.52. The Morgan fingerprint density at radius 2 is 1.95 bits per heavy atom. The minimum Gasteiger partial charge on any atom is -0.371 e. The fraction of sp³-hybridized carbons (Fsp3) is 0.588. The topological polar surface area (TPSA) is 35.6 Å². The molecule has 1 amide bonds. The van der Waals surface area contributed by atoms with Gasteiger partial charge in [0.05, 0.1) is 0 Å². The van der Waals surface area contributed by atoms with E-state index in [0.717, 1.165) is 43.9 Å². The maximum absolute atomic E-state index is 11.5. The van der Waals surface area contributed by atoms with E-state index >= 15 is 0 Å².